The predicted octanol–water partition coefficient (Wildman–Crippen LogP) is 3.70. The number of hydrogen-bond donors (Lipinski definition) is 1. The molecule has 1 aliphatic carbocycles. The number of nitrogens with zero attached hydrogens (tertiary/aromatic N) is 2. The van der Waals surface area contributed by atoms with Crippen LogP contribution >= 0.6 is 0 Å². The smallest absolute Gasteiger partial charge is 0.224 e. The molecule has 1 N–H and O–H groups in total. The third-order valence-corrected chi connectivity index (χ3v) is 6.50. The van der Waals surface area contributed by atoms with E-state index in [1.54, 1.807) is 0 Å². The summed E-state index contributed by atoms with van der Waals surface area (Å²) in [5.74, 6) is 1.56. The summed E-state index contributed by atoms with van der Waals surface area (Å²) in [6.45, 7) is 5.86. The number of pyridine rings is 1. The Balaban J connectivity index is 1.19. The van der Waals surface area contributed by atoms with Crippen LogP contribution in [0.15, 0.2) is 42.6 Å². The van der Waals surface area contributed by atoms with Gasteiger partial charge in [0, 0.05) is 44.0 Å². The van der Waals surface area contributed by atoms with E-state index in [1.165, 1.54) is 25.7 Å². The molecule has 2 fully saturated rings. The molecule has 1 aromatic carbocycles. The first-order chi connectivity index (χ1) is 15.8. The van der Waals surface area contributed by atoms with Crippen molar-refractivity contribution < 1.29 is 14.3 Å². The molecule has 1 amide bonds. The summed E-state index contributed by atoms with van der Waals surface area (Å²) >= 11 is 0. The van der Waals surface area contributed by atoms with Gasteiger partial charge in [0.2, 0.25) is 11.8 Å². The van der Waals surface area contributed by atoms with Gasteiger partial charge in [-0.1, -0.05) is 49.9 Å². The van der Waals surface area contributed by atoms with E-state index in [4.69, 9.17) is 9.47 Å². The van der Waals surface area contributed by atoms with Crippen molar-refractivity contribution in [3.8, 4) is 17.0 Å². The van der Waals surface area contributed by atoms with Crippen molar-refractivity contribution in [3.05, 3.63) is 48.2 Å². The van der Waals surface area contributed by atoms with Crippen molar-refractivity contribution in [2.45, 2.75) is 38.5 Å². The second-order valence-electron chi connectivity index (χ2n) is 8.85. The molecule has 4 rings (SSSR count). The van der Waals surface area contributed by atoms with Gasteiger partial charge in [0.1, 0.15) is 6.61 Å². The van der Waals surface area contributed by atoms with Crippen LogP contribution in [0.1, 0.15) is 37.7 Å². The zero-order valence-corrected chi connectivity index (χ0v) is 18.9. The Bertz CT molecular complexity index is 826. The molecule has 0 bridgehead atoms. The molecule has 1 aliphatic heterocycles. The van der Waals surface area contributed by atoms with E-state index in [0.717, 1.165) is 68.4 Å². The molecule has 0 radical (unpaired) electrons. The summed E-state index contributed by atoms with van der Waals surface area (Å²) < 4.78 is 11.2. The van der Waals surface area contributed by atoms with E-state index < -0.39 is 0 Å². The van der Waals surface area contributed by atoms with E-state index in [9.17, 15) is 4.79 Å². The molecule has 1 aromatic heterocycles. The number of benzene rings is 1. The molecule has 0 atom stereocenters. The van der Waals surface area contributed by atoms with E-state index in [-0.39, 0.29) is 5.91 Å². The van der Waals surface area contributed by atoms with Crippen molar-refractivity contribution in [1.82, 2.24) is 15.2 Å². The molecule has 6 nitrogen and oxygen atoms in total. The highest BCUT2D eigenvalue weighted by molar-refractivity contribution is 5.78. The molecule has 2 heterocycles. The van der Waals surface area contributed by atoms with E-state index in [0.29, 0.717) is 18.9 Å². The van der Waals surface area contributed by atoms with Crippen molar-refractivity contribution in [2.24, 2.45) is 5.92 Å². The lowest BCUT2D eigenvalue weighted by molar-refractivity contribution is -0.120. The fraction of sp³-hybridized carbons (Fsp3) is 0.538. The third-order valence-electron chi connectivity index (χ3n) is 6.50. The maximum atomic E-state index is 12.2. The lowest BCUT2D eigenvalue weighted by Crippen LogP contribution is -2.38. The fourth-order valence-electron chi connectivity index (χ4n) is 4.52. The summed E-state index contributed by atoms with van der Waals surface area (Å²) in [6, 6.07) is 12.1. The molecular weight excluding hydrogens is 402 g/mol. The number of morpholine rings is 1. The minimum atomic E-state index is 0.107. The highest BCUT2D eigenvalue weighted by Crippen LogP contribution is 2.27. The van der Waals surface area contributed by atoms with Crippen LogP contribution < -0.4 is 10.1 Å². The summed E-state index contributed by atoms with van der Waals surface area (Å²) in [7, 11) is 0. The van der Waals surface area contributed by atoms with E-state index in [1.807, 2.05) is 30.5 Å². The van der Waals surface area contributed by atoms with Crippen molar-refractivity contribution in [3.63, 3.8) is 0 Å². The summed E-state index contributed by atoms with van der Waals surface area (Å²) in [4.78, 5) is 19.0. The Hall–Kier alpha value is -2.44. The van der Waals surface area contributed by atoms with E-state index >= 15 is 0 Å². The lowest BCUT2D eigenvalue weighted by Gasteiger charge is -2.26. The largest absolute Gasteiger partial charge is 0.476 e. The molecule has 1 saturated heterocycles. The van der Waals surface area contributed by atoms with Crippen LogP contribution in [0.4, 0.5) is 0 Å². The molecule has 6 heteroatoms. The molecule has 0 unspecified atom stereocenters. The second-order valence-corrected chi connectivity index (χ2v) is 8.85. The van der Waals surface area contributed by atoms with Crippen LogP contribution in [0.2, 0.25) is 0 Å². The van der Waals surface area contributed by atoms with Crippen LogP contribution in [0.5, 0.6) is 5.88 Å². The topological polar surface area (TPSA) is 63.7 Å². The van der Waals surface area contributed by atoms with Crippen LogP contribution in [-0.2, 0) is 16.0 Å². The van der Waals surface area contributed by atoms with Crippen LogP contribution in [0.25, 0.3) is 11.1 Å². The predicted molar refractivity (Wildman–Crippen MR) is 126 cm³/mol. The highest BCUT2D eigenvalue weighted by Gasteiger charge is 2.15. The molecule has 2 aliphatic rings. The van der Waals surface area contributed by atoms with Crippen molar-refractivity contribution in [1.29, 1.82) is 0 Å². The van der Waals surface area contributed by atoms with Gasteiger partial charge in [0.15, 0.2) is 0 Å². The Morgan fingerprint density at radius 2 is 1.81 bits per heavy atom. The first-order valence-electron chi connectivity index (χ1n) is 12.0. The lowest BCUT2D eigenvalue weighted by atomic mass is 10.0. The number of nitrogens with one attached hydrogen (secondary N) is 1. The Kier molecular flexibility index (Phi) is 8.51. The SMILES string of the molecule is O=C(Cc1ccc(-c2ccc(OCCN3CCOCC3)nc2)cc1)NCCC1CCCC1. The number of carbonyl (C=O) groups excluding carboxylic acids is 1. The zero-order chi connectivity index (χ0) is 22.0. The maximum Gasteiger partial charge on any atom is 0.224 e. The molecule has 2 aromatic rings. The average Bonchev–Trinajstić information content (AvgIpc) is 3.34. The number of amides is 1. The van der Waals surface area contributed by atoms with Gasteiger partial charge in [0.05, 0.1) is 19.6 Å². The van der Waals surface area contributed by atoms with Gasteiger partial charge < -0.3 is 14.8 Å². The number of rotatable bonds is 10. The molecule has 0 spiro atoms. The molecule has 32 heavy (non-hydrogen) atoms. The Morgan fingerprint density at radius 3 is 2.53 bits per heavy atom. The van der Waals surface area contributed by atoms with Crippen LogP contribution in [-0.4, -0.2) is 61.8 Å². The monoisotopic (exact) mass is 437 g/mol. The average molecular weight is 438 g/mol. The van der Waals surface area contributed by atoms with Gasteiger partial charge >= 0.3 is 0 Å². The second kappa shape index (κ2) is 12.0. The summed E-state index contributed by atoms with van der Waals surface area (Å²) in [5, 5.41) is 3.08. The fourth-order valence-corrected chi connectivity index (χ4v) is 4.52. The number of hydrogen-bond acceptors (Lipinski definition) is 5. The quantitative estimate of drug-likeness (QED) is 0.614. The summed E-state index contributed by atoms with van der Waals surface area (Å²) in [5.41, 5.74) is 3.16. The number of carbonyl (C=O) groups is 1. The van der Waals surface area contributed by atoms with Gasteiger partial charge in [-0.3, -0.25) is 9.69 Å². The first-order valence-corrected chi connectivity index (χ1v) is 12.0. The summed E-state index contributed by atoms with van der Waals surface area (Å²) in [6.07, 6.45) is 8.75. The maximum absolute atomic E-state index is 12.2. The molecule has 1 saturated carbocycles. The standard InChI is InChI=1S/C26H35N3O3/c30-25(27-12-11-21-3-1-2-4-21)19-22-5-7-23(8-6-22)24-9-10-26(28-20-24)32-18-15-29-13-16-31-17-14-29/h5-10,20-21H,1-4,11-19H2,(H,27,30). The Morgan fingerprint density at radius 1 is 1.06 bits per heavy atom. The van der Waals surface area contributed by atoms with Crippen LogP contribution in [0, 0.1) is 5.92 Å². The minimum Gasteiger partial charge on any atom is -0.476 e. The van der Waals surface area contributed by atoms with Gasteiger partial charge in [-0.2, -0.15) is 0 Å². The normalized spacial score (nSPS) is 17.4. The minimum absolute atomic E-state index is 0.107. The number of ether oxygens (including phenoxy) is 2. The van der Waals surface area contributed by atoms with Gasteiger partial charge in [-0.25, -0.2) is 4.98 Å². The molecule has 172 valence electrons. The number of aromatic nitrogens is 1. The van der Waals surface area contributed by atoms with Crippen molar-refractivity contribution >= 4 is 5.91 Å². The van der Waals surface area contributed by atoms with E-state index in [2.05, 4.69) is 27.3 Å². The van der Waals surface area contributed by atoms with Gasteiger partial charge in [-0.15, -0.1) is 0 Å². The third kappa shape index (κ3) is 7.04. The van der Waals surface area contributed by atoms with Gasteiger partial charge in [-0.05, 0) is 29.5 Å². The van der Waals surface area contributed by atoms with Crippen molar-refractivity contribution in [2.75, 3.05) is 46.0 Å². The van der Waals surface area contributed by atoms with Gasteiger partial charge in [0.25, 0.3) is 0 Å². The van der Waals surface area contributed by atoms with Crippen LogP contribution in [0.3, 0.4) is 0 Å². The Labute approximate surface area is 191 Å². The first kappa shape index (κ1) is 22.7. The zero-order valence-electron chi connectivity index (χ0n) is 18.9. The highest BCUT2D eigenvalue weighted by atomic mass is 16.5. The molecular formula is C26H35N3O3.